The van der Waals surface area contributed by atoms with E-state index in [0.717, 1.165) is 16.3 Å². The molecular formula is C11H14N4OS. The summed E-state index contributed by atoms with van der Waals surface area (Å²) in [5, 5.41) is 7.46. The number of aromatic nitrogens is 3. The van der Waals surface area contributed by atoms with Gasteiger partial charge in [0, 0.05) is 17.6 Å². The highest BCUT2D eigenvalue weighted by molar-refractivity contribution is 7.15. The first-order chi connectivity index (χ1) is 7.99. The SMILES string of the molecule is Cc1nc(NC(=O)c2cnn(C)c2C)sc1C. The topological polar surface area (TPSA) is 59.8 Å². The van der Waals surface area contributed by atoms with Crippen LogP contribution in [0.2, 0.25) is 0 Å². The molecule has 0 aromatic carbocycles. The van der Waals surface area contributed by atoms with Crippen molar-refractivity contribution in [3.05, 3.63) is 28.0 Å². The maximum absolute atomic E-state index is 12.0. The molecule has 0 aliphatic carbocycles. The number of carbonyl (C=O) groups is 1. The number of rotatable bonds is 2. The van der Waals surface area contributed by atoms with Gasteiger partial charge in [-0.2, -0.15) is 5.10 Å². The highest BCUT2D eigenvalue weighted by atomic mass is 32.1. The normalized spacial score (nSPS) is 10.6. The molecule has 2 aromatic rings. The molecule has 0 bridgehead atoms. The van der Waals surface area contributed by atoms with Crippen LogP contribution in [-0.2, 0) is 7.05 Å². The van der Waals surface area contributed by atoms with Crippen LogP contribution >= 0.6 is 11.3 Å². The summed E-state index contributed by atoms with van der Waals surface area (Å²) >= 11 is 1.48. The molecule has 0 atom stereocenters. The van der Waals surface area contributed by atoms with Gasteiger partial charge in [0.1, 0.15) is 0 Å². The first kappa shape index (κ1) is 11.8. The van der Waals surface area contributed by atoms with Crippen molar-refractivity contribution in [2.75, 3.05) is 5.32 Å². The highest BCUT2D eigenvalue weighted by Crippen LogP contribution is 2.21. The molecule has 1 amide bonds. The van der Waals surface area contributed by atoms with Crippen LogP contribution in [-0.4, -0.2) is 20.7 Å². The fourth-order valence-corrected chi connectivity index (χ4v) is 2.22. The number of anilines is 1. The molecule has 0 aliphatic rings. The minimum absolute atomic E-state index is 0.163. The molecule has 1 N–H and O–H groups in total. The molecule has 2 heterocycles. The zero-order chi connectivity index (χ0) is 12.6. The van der Waals surface area contributed by atoms with Crippen molar-refractivity contribution < 1.29 is 4.79 Å². The van der Waals surface area contributed by atoms with E-state index >= 15 is 0 Å². The van der Waals surface area contributed by atoms with E-state index in [-0.39, 0.29) is 5.91 Å². The molecule has 0 fully saturated rings. The van der Waals surface area contributed by atoms with Crippen molar-refractivity contribution >= 4 is 22.4 Å². The van der Waals surface area contributed by atoms with E-state index in [1.165, 1.54) is 11.3 Å². The van der Waals surface area contributed by atoms with E-state index in [2.05, 4.69) is 15.4 Å². The Kier molecular flexibility index (Phi) is 2.97. The molecule has 6 heteroatoms. The van der Waals surface area contributed by atoms with Crippen molar-refractivity contribution in [1.82, 2.24) is 14.8 Å². The van der Waals surface area contributed by atoms with E-state index in [1.54, 1.807) is 10.9 Å². The number of amides is 1. The first-order valence-electron chi connectivity index (χ1n) is 5.23. The Balaban J connectivity index is 2.20. The summed E-state index contributed by atoms with van der Waals surface area (Å²) in [5.74, 6) is -0.163. The largest absolute Gasteiger partial charge is 0.298 e. The quantitative estimate of drug-likeness (QED) is 0.887. The van der Waals surface area contributed by atoms with Gasteiger partial charge in [-0.05, 0) is 20.8 Å². The third kappa shape index (κ3) is 2.21. The minimum atomic E-state index is -0.163. The molecule has 0 radical (unpaired) electrons. The summed E-state index contributed by atoms with van der Waals surface area (Å²) in [5.41, 5.74) is 2.37. The molecule has 0 saturated carbocycles. The van der Waals surface area contributed by atoms with Gasteiger partial charge in [0.2, 0.25) is 0 Å². The second-order valence-corrected chi connectivity index (χ2v) is 5.09. The maximum atomic E-state index is 12.0. The third-order valence-corrected chi connectivity index (χ3v) is 3.72. The van der Waals surface area contributed by atoms with Crippen LogP contribution in [0.4, 0.5) is 5.13 Å². The monoisotopic (exact) mass is 250 g/mol. The molecule has 0 spiro atoms. The summed E-state index contributed by atoms with van der Waals surface area (Å²) in [6.45, 7) is 5.77. The Morgan fingerprint density at radius 2 is 2.12 bits per heavy atom. The second kappa shape index (κ2) is 4.29. The summed E-state index contributed by atoms with van der Waals surface area (Å²) < 4.78 is 1.67. The molecule has 0 saturated heterocycles. The Bertz CT molecular complexity index is 551. The summed E-state index contributed by atoms with van der Waals surface area (Å²) in [6.07, 6.45) is 1.57. The fourth-order valence-electron chi connectivity index (χ4n) is 1.41. The van der Waals surface area contributed by atoms with E-state index in [4.69, 9.17) is 0 Å². The van der Waals surface area contributed by atoms with Crippen LogP contribution < -0.4 is 5.32 Å². The minimum Gasteiger partial charge on any atom is -0.298 e. The lowest BCUT2D eigenvalue weighted by Crippen LogP contribution is -2.12. The van der Waals surface area contributed by atoms with Crippen molar-refractivity contribution in [3.63, 3.8) is 0 Å². The van der Waals surface area contributed by atoms with Crippen molar-refractivity contribution in [1.29, 1.82) is 0 Å². The first-order valence-corrected chi connectivity index (χ1v) is 6.04. The number of aryl methyl sites for hydroxylation is 3. The van der Waals surface area contributed by atoms with Gasteiger partial charge in [0.25, 0.3) is 5.91 Å². The van der Waals surface area contributed by atoms with E-state index < -0.39 is 0 Å². The van der Waals surface area contributed by atoms with E-state index in [1.807, 2.05) is 27.8 Å². The number of nitrogens with one attached hydrogen (secondary N) is 1. The van der Waals surface area contributed by atoms with Gasteiger partial charge >= 0.3 is 0 Å². The Morgan fingerprint density at radius 3 is 2.59 bits per heavy atom. The van der Waals surface area contributed by atoms with Crippen molar-refractivity contribution in [2.45, 2.75) is 20.8 Å². The predicted molar refractivity (Wildman–Crippen MR) is 67.5 cm³/mol. The maximum Gasteiger partial charge on any atom is 0.260 e. The lowest BCUT2D eigenvalue weighted by atomic mass is 10.2. The zero-order valence-corrected chi connectivity index (χ0v) is 11.1. The van der Waals surface area contributed by atoms with Crippen LogP contribution in [0.3, 0.4) is 0 Å². The van der Waals surface area contributed by atoms with Gasteiger partial charge in [-0.1, -0.05) is 0 Å². The fraction of sp³-hybridized carbons (Fsp3) is 0.364. The lowest BCUT2D eigenvalue weighted by Gasteiger charge is -2.00. The highest BCUT2D eigenvalue weighted by Gasteiger charge is 2.14. The summed E-state index contributed by atoms with van der Waals surface area (Å²) in [7, 11) is 1.81. The number of thiazole rings is 1. The van der Waals surface area contributed by atoms with Crippen LogP contribution in [0.15, 0.2) is 6.20 Å². The Morgan fingerprint density at radius 1 is 1.41 bits per heavy atom. The lowest BCUT2D eigenvalue weighted by molar-refractivity contribution is 0.102. The van der Waals surface area contributed by atoms with Gasteiger partial charge in [-0.25, -0.2) is 4.98 Å². The summed E-state index contributed by atoms with van der Waals surface area (Å²) in [6, 6.07) is 0. The Labute approximate surface area is 103 Å². The van der Waals surface area contributed by atoms with Crippen LogP contribution in [0.25, 0.3) is 0 Å². The van der Waals surface area contributed by atoms with Gasteiger partial charge in [0.15, 0.2) is 5.13 Å². The van der Waals surface area contributed by atoms with E-state index in [9.17, 15) is 4.79 Å². The van der Waals surface area contributed by atoms with Crippen molar-refractivity contribution in [2.24, 2.45) is 7.05 Å². The number of carbonyl (C=O) groups excluding carboxylic acids is 1. The van der Waals surface area contributed by atoms with E-state index in [0.29, 0.717) is 10.7 Å². The average molecular weight is 250 g/mol. The smallest absolute Gasteiger partial charge is 0.260 e. The Hall–Kier alpha value is -1.69. The molecule has 2 rings (SSSR count). The average Bonchev–Trinajstić information content (AvgIpc) is 2.73. The molecule has 90 valence electrons. The van der Waals surface area contributed by atoms with Crippen LogP contribution in [0, 0.1) is 20.8 Å². The number of hydrogen-bond donors (Lipinski definition) is 1. The molecule has 0 aliphatic heterocycles. The number of hydrogen-bond acceptors (Lipinski definition) is 4. The van der Waals surface area contributed by atoms with Crippen molar-refractivity contribution in [3.8, 4) is 0 Å². The molecule has 0 unspecified atom stereocenters. The van der Waals surface area contributed by atoms with Gasteiger partial charge in [0.05, 0.1) is 17.5 Å². The zero-order valence-electron chi connectivity index (χ0n) is 10.2. The second-order valence-electron chi connectivity index (χ2n) is 3.88. The molecule has 2 aromatic heterocycles. The molecular weight excluding hydrogens is 236 g/mol. The number of nitrogens with zero attached hydrogens (tertiary/aromatic N) is 3. The standard InChI is InChI=1S/C11H14N4OS/c1-6-8(3)17-11(13-6)14-10(16)9-5-12-15(4)7(9)2/h5H,1-4H3,(H,13,14,16). The van der Waals surface area contributed by atoms with Crippen LogP contribution in [0.1, 0.15) is 26.6 Å². The third-order valence-electron chi connectivity index (χ3n) is 2.73. The molecule has 5 nitrogen and oxygen atoms in total. The summed E-state index contributed by atoms with van der Waals surface area (Å²) in [4.78, 5) is 17.4. The molecule has 17 heavy (non-hydrogen) atoms. The van der Waals surface area contributed by atoms with Gasteiger partial charge in [-0.3, -0.25) is 14.8 Å². The van der Waals surface area contributed by atoms with Crippen LogP contribution in [0.5, 0.6) is 0 Å². The van der Waals surface area contributed by atoms with Gasteiger partial charge < -0.3 is 0 Å². The van der Waals surface area contributed by atoms with Gasteiger partial charge in [-0.15, -0.1) is 11.3 Å². The predicted octanol–water partition coefficient (Wildman–Crippen LogP) is 2.05.